The van der Waals surface area contributed by atoms with Crippen LogP contribution in [-0.4, -0.2) is 0 Å². The maximum atomic E-state index is 7.73. The van der Waals surface area contributed by atoms with Gasteiger partial charge in [-0.05, 0) is 36.6 Å². The largest absolute Gasteiger partial charge is 0.456 e. The molecule has 2 heterocycles. The Morgan fingerprint density at radius 3 is 2.32 bits per heavy atom. The van der Waals surface area contributed by atoms with Gasteiger partial charge in [-0.15, -0.1) is 0 Å². The fraction of sp³-hybridized carbons (Fsp3) is 0.143. The highest BCUT2D eigenvalue weighted by Crippen LogP contribution is 2.45. The Labute approximate surface area is 182 Å². The van der Waals surface area contributed by atoms with Crippen molar-refractivity contribution in [1.29, 1.82) is 0 Å². The summed E-state index contributed by atoms with van der Waals surface area (Å²) in [6, 6.07) is 22.6. The molecule has 0 atom stereocenters. The number of aryl methyl sites for hydroxylation is 3. The van der Waals surface area contributed by atoms with E-state index in [1.54, 1.807) is 0 Å². The Bertz CT molecular complexity index is 1520. The lowest BCUT2D eigenvalue weighted by Gasteiger charge is -2.08. The van der Waals surface area contributed by atoms with Gasteiger partial charge in [0, 0.05) is 35.4 Å². The average Bonchev–Trinajstić information content (AvgIpc) is 3.16. The van der Waals surface area contributed by atoms with Crippen LogP contribution in [0.3, 0.4) is 0 Å². The minimum absolute atomic E-state index is 0.606. The summed E-state index contributed by atoms with van der Waals surface area (Å²) in [6.07, 6.45) is 0. The second-order valence-electron chi connectivity index (χ2n) is 8.12. The highest BCUT2D eigenvalue weighted by molar-refractivity contribution is 6.16. The van der Waals surface area contributed by atoms with Crippen LogP contribution in [0.15, 0.2) is 71.1 Å². The molecular weight excluding hydrogens is 380 g/mol. The van der Waals surface area contributed by atoms with Gasteiger partial charge >= 0.3 is 0 Å². The van der Waals surface area contributed by atoms with Gasteiger partial charge in [0.05, 0.1) is 12.1 Å². The first kappa shape index (κ1) is 19.1. The number of fused-ring (bicyclic) bond motifs is 3. The van der Waals surface area contributed by atoms with Crippen molar-refractivity contribution in [2.75, 3.05) is 0 Å². The summed E-state index contributed by atoms with van der Waals surface area (Å²) >= 11 is 0. The molecule has 0 saturated heterocycles. The second kappa shape index (κ2) is 7.11. The summed E-state index contributed by atoms with van der Waals surface area (Å²) < 4.78 is 8.87. The van der Waals surface area contributed by atoms with Crippen molar-refractivity contribution in [3.63, 3.8) is 0 Å². The van der Waals surface area contributed by atoms with Crippen molar-refractivity contribution in [3.8, 4) is 22.4 Å². The molecule has 0 bridgehead atoms. The second-order valence-corrected chi connectivity index (χ2v) is 8.12. The molecule has 0 fully saturated rings. The molecule has 3 heteroatoms. The van der Waals surface area contributed by atoms with Crippen molar-refractivity contribution in [1.82, 2.24) is 0 Å². The van der Waals surface area contributed by atoms with Gasteiger partial charge in [-0.2, -0.15) is 4.57 Å². The summed E-state index contributed by atoms with van der Waals surface area (Å²) in [5.41, 5.74) is 9.89. The molecule has 0 radical (unpaired) electrons. The van der Waals surface area contributed by atoms with Crippen molar-refractivity contribution in [3.05, 3.63) is 95.0 Å². The predicted octanol–water partition coefficient (Wildman–Crippen LogP) is 7.22. The quantitative estimate of drug-likeness (QED) is 0.225. The van der Waals surface area contributed by atoms with E-state index in [2.05, 4.69) is 61.5 Å². The van der Waals surface area contributed by atoms with Crippen LogP contribution in [-0.2, 0) is 7.05 Å². The minimum atomic E-state index is 0.606. The van der Waals surface area contributed by atoms with Crippen LogP contribution in [0.2, 0.25) is 0 Å². The van der Waals surface area contributed by atoms with E-state index in [0.29, 0.717) is 5.69 Å². The number of furan rings is 1. The lowest BCUT2D eigenvalue weighted by molar-refractivity contribution is -0.666. The third kappa shape index (κ3) is 2.84. The van der Waals surface area contributed by atoms with Crippen LogP contribution in [0.25, 0.3) is 49.2 Å². The van der Waals surface area contributed by atoms with E-state index >= 15 is 0 Å². The average molecular weight is 404 g/mol. The summed E-state index contributed by atoms with van der Waals surface area (Å²) in [5, 5.41) is 2.17. The molecule has 150 valence electrons. The zero-order chi connectivity index (χ0) is 21.7. The van der Waals surface area contributed by atoms with Crippen LogP contribution in [0, 0.1) is 27.3 Å². The maximum Gasteiger partial charge on any atom is 0.216 e. The molecule has 5 rings (SSSR count). The van der Waals surface area contributed by atoms with Gasteiger partial charge in [-0.25, -0.2) is 4.85 Å². The van der Waals surface area contributed by atoms with Crippen LogP contribution in [0.4, 0.5) is 5.69 Å². The normalized spacial score (nSPS) is 11.2. The highest BCUT2D eigenvalue weighted by atomic mass is 16.3. The number of hydrogen-bond donors (Lipinski definition) is 0. The first-order chi connectivity index (χ1) is 15.0. The van der Waals surface area contributed by atoms with Crippen LogP contribution >= 0.6 is 0 Å². The molecule has 0 aliphatic rings. The number of aromatic nitrogens is 1. The van der Waals surface area contributed by atoms with E-state index in [-0.39, 0.29) is 0 Å². The Balaban J connectivity index is 1.97. The Hall–Kier alpha value is -3.90. The van der Waals surface area contributed by atoms with Crippen LogP contribution in [0.5, 0.6) is 0 Å². The molecule has 31 heavy (non-hydrogen) atoms. The van der Waals surface area contributed by atoms with Gasteiger partial charge in [-0.3, -0.25) is 0 Å². The number of benzene rings is 3. The van der Waals surface area contributed by atoms with E-state index in [1.807, 2.05) is 42.5 Å². The summed E-state index contributed by atoms with van der Waals surface area (Å²) in [5.74, 6) is 0. The SMILES string of the molecule is [C-]#[N+]c1ccc2c(oc3c(-c4cccc(C)[n+]4C)c(C)cc(C)c32)c1-c1ccccc1. The van der Waals surface area contributed by atoms with Crippen molar-refractivity contribution >= 4 is 27.6 Å². The summed E-state index contributed by atoms with van der Waals surface area (Å²) in [6.45, 7) is 14.1. The molecule has 0 aliphatic carbocycles. The summed E-state index contributed by atoms with van der Waals surface area (Å²) in [7, 11) is 2.09. The Kier molecular flexibility index (Phi) is 4.38. The molecule has 5 aromatic rings. The fourth-order valence-corrected chi connectivity index (χ4v) is 4.60. The predicted molar refractivity (Wildman–Crippen MR) is 126 cm³/mol. The third-order valence-corrected chi connectivity index (χ3v) is 6.21. The van der Waals surface area contributed by atoms with E-state index in [4.69, 9.17) is 11.0 Å². The van der Waals surface area contributed by atoms with Crippen molar-refractivity contribution in [2.24, 2.45) is 7.05 Å². The van der Waals surface area contributed by atoms with E-state index < -0.39 is 0 Å². The summed E-state index contributed by atoms with van der Waals surface area (Å²) in [4.78, 5) is 3.80. The monoisotopic (exact) mass is 403 g/mol. The first-order valence-corrected chi connectivity index (χ1v) is 10.4. The minimum Gasteiger partial charge on any atom is -0.456 e. The number of rotatable bonds is 2. The fourth-order valence-electron chi connectivity index (χ4n) is 4.60. The van der Waals surface area contributed by atoms with Crippen LogP contribution < -0.4 is 4.57 Å². The molecule has 0 spiro atoms. The van der Waals surface area contributed by atoms with Gasteiger partial charge < -0.3 is 4.42 Å². The third-order valence-electron chi connectivity index (χ3n) is 6.21. The molecule has 0 saturated carbocycles. The topological polar surface area (TPSA) is 21.4 Å². The first-order valence-electron chi connectivity index (χ1n) is 10.4. The Morgan fingerprint density at radius 1 is 0.806 bits per heavy atom. The van der Waals surface area contributed by atoms with Gasteiger partial charge in [0.25, 0.3) is 0 Å². The zero-order valence-electron chi connectivity index (χ0n) is 18.2. The van der Waals surface area contributed by atoms with E-state index in [1.165, 1.54) is 16.8 Å². The standard InChI is InChI=1S/C28H23N2O/c1-17-16-18(2)25(23-13-9-10-19(3)30(23)5)28-24(17)21-14-15-22(29-4)26(27(21)31-28)20-11-7-6-8-12-20/h6-16H,1-3,5H3/q+1. The molecule has 0 N–H and O–H groups in total. The van der Waals surface area contributed by atoms with Gasteiger partial charge in [0.15, 0.2) is 11.4 Å². The van der Waals surface area contributed by atoms with E-state index in [9.17, 15) is 0 Å². The molecule has 0 unspecified atom stereocenters. The molecule has 3 nitrogen and oxygen atoms in total. The lowest BCUT2D eigenvalue weighted by atomic mass is 9.95. The van der Waals surface area contributed by atoms with Crippen LogP contribution in [0.1, 0.15) is 16.8 Å². The molecule has 0 aliphatic heterocycles. The number of hydrogen-bond acceptors (Lipinski definition) is 1. The number of nitrogens with zero attached hydrogens (tertiary/aromatic N) is 2. The molecule has 3 aromatic carbocycles. The van der Waals surface area contributed by atoms with E-state index in [0.717, 1.165) is 44.3 Å². The van der Waals surface area contributed by atoms with Crippen molar-refractivity contribution in [2.45, 2.75) is 20.8 Å². The number of pyridine rings is 1. The smallest absolute Gasteiger partial charge is 0.216 e. The van der Waals surface area contributed by atoms with Gasteiger partial charge in [-0.1, -0.05) is 48.5 Å². The highest BCUT2D eigenvalue weighted by Gasteiger charge is 2.24. The molecule has 0 amide bonds. The van der Waals surface area contributed by atoms with Gasteiger partial charge in [0.1, 0.15) is 18.2 Å². The van der Waals surface area contributed by atoms with Gasteiger partial charge in [0.2, 0.25) is 5.69 Å². The Morgan fingerprint density at radius 2 is 1.58 bits per heavy atom. The zero-order valence-corrected chi connectivity index (χ0v) is 18.2. The maximum absolute atomic E-state index is 7.73. The molecule has 2 aromatic heterocycles. The molecular formula is C28H23N2O+. The lowest BCUT2D eigenvalue weighted by Crippen LogP contribution is -2.34. The van der Waals surface area contributed by atoms with Crippen molar-refractivity contribution < 1.29 is 8.98 Å².